The average Bonchev–Trinajstić information content (AvgIpc) is 2.34. The minimum Gasteiger partial charge on any atom is -0.269 e. The molecule has 0 heterocycles. The molecule has 0 bridgehead atoms. The molecule has 0 unspecified atom stereocenters. The van der Waals surface area contributed by atoms with Gasteiger partial charge in [0.15, 0.2) is 0 Å². The zero-order valence-corrected chi connectivity index (χ0v) is 12.5. The first-order valence-electron chi connectivity index (χ1n) is 6.04. The standard InChI is InChI=1S/C14H19NO3S/c1-5-12-8-6-7-9-13(12)10(2)11(3)14(16)15-19(4,17)18/h6-9H,5H2,1-4H3,(H,15,16)/b11-10+. The number of allylic oxidation sites excluding steroid dienone is 1. The highest BCUT2D eigenvalue weighted by atomic mass is 32.2. The molecule has 104 valence electrons. The molecule has 0 aliphatic rings. The van der Waals surface area contributed by atoms with Gasteiger partial charge in [0, 0.05) is 5.57 Å². The minimum atomic E-state index is -3.53. The Labute approximate surface area is 114 Å². The normalized spacial score (nSPS) is 12.8. The number of nitrogens with one attached hydrogen (secondary N) is 1. The highest BCUT2D eigenvalue weighted by Gasteiger charge is 2.14. The topological polar surface area (TPSA) is 63.2 Å². The molecule has 0 aromatic heterocycles. The second kappa shape index (κ2) is 6.02. The Bertz CT molecular complexity index is 615. The molecular formula is C14H19NO3S. The van der Waals surface area contributed by atoms with Crippen LogP contribution in [0.25, 0.3) is 5.57 Å². The molecule has 0 radical (unpaired) electrons. The molecule has 4 nitrogen and oxygen atoms in total. The summed E-state index contributed by atoms with van der Waals surface area (Å²) in [4.78, 5) is 11.8. The van der Waals surface area contributed by atoms with Gasteiger partial charge >= 0.3 is 0 Å². The van der Waals surface area contributed by atoms with Crippen LogP contribution in [0.15, 0.2) is 29.8 Å². The number of carbonyl (C=O) groups excluding carboxylic acids is 1. The van der Waals surface area contributed by atoms with E-state index in [1.807, 2.05) is 42.8 Å². The Morgan fingerprint density at radius 1 is 1.21 bits per heavy atom. The molecule has 19 heavy (non-hydrogen) atoms. The lowest BCUT2D eigenvalue weighted by molar-refractivity contribution is -0.115. The summed E-state index contributed by atoms with van der Waals surface area (Å²) < 4.78 is 24.1. The van der Waals surface area contributed by atoms with Crippen molar-refractivity contribution in [1.29, 1.82) is 0 Å². The number of benzene rings is 1. The van der Waals surface area contributed by atoms with E-state index in [4.69, 9.17) is 0 Å². The number of aryl methyl sites for hydroxylation is 1. The van der Waals surface area contributed by atoms with Crippen LogP contribution in [0.3, 0.4) is 0 Å². The van der Waals surface area contributed by atoms with Crippen LogP contribution < -0.4 is 4.72 Å². The number of carbonyl (C=O) groups is 1. The molecule has 0 aliphatic heterocycles. The second-order valence-electron chi connectivity index (χ2n) is 4.46. The van der Waals surface area contributed by atoms with Crippen LogP contribution in [0.2, 0.25) is 0 Å². The number of amides is 1. The summed E-state index contributed by atoms with van der Waals surface area (Å²) in [6, 6.07) is 7.78. The number of sulfonamides is 1. The van der Waals surface area contributed by atoms with E-state index in [0.717, 1.165) is 29.4 Å². The summed E-state index contributed by atoms with van der Waals surface area (Å²) >= 11 is 0. The predicted octanol–water partition coefficient (Wildman–Crippen LogP) is 2.12. The second-order valence-corrected chi connectivity index (χ2v) is 6.21. The molecular weight excluding hydrogens is 262 g/mol. The summed E-state index contributed by atoms with van der Waals surface area (Å²) in [6.45, 7) is 5.49. The highest BCUT2D eigenvalue weighted by molar-refractivity contribution is 7.89. The maximum Gasteiger partial charge on any atom is 0.260 e. The SMILES string of the molecule is CCc1ccccc1/C(C)=C(\C)C(=O)NS(C)(=O)=O. The Morgan fingerprint density at radius 2 is 1.79 bits per heavy atom. The fourth-order valence-electron chi connectivity index (χ4n) is 1.81. The minimum absolute atomic E-state index is 0.409. The van der Waals surface area contributed by atoms with Crippen molar-refractivity contribution >= 4 is 21.5 Å². The van der Waals surface area contributed by atoms with Crippen LogP contribution in [-0.4, -0.2) is 20.6 Å². The predicted molar refractivity (Wildman–Crippen MR) is 77.1 cm³/mol. The maximum absolute atomic E-state index is 11.8. The van der Waals surface area contributed by atoms with E-state index in [-0.39, 0.29) is 0 Å². The van der Waals surface area contributed by atoms with Gasteiger partial charge < -0.3 is 0 Å². The summed E-state index contributed by atoms with van der Waals surface area (Å²) in [5, 5.41) is 0. The molecule has 1 N–H and O–H groups in total. The smallest absolute Gasteiger partial charge is 0.260 e. The van der Waals surface area contributed by atoms with E-state index < -0.39 is 15.9 Å². The summed E-state index contributed by atoms with van der Waals surface area (Å²) in [5.74, 6) is -0.578. The van der Waals surface area contributed by atoms with E-state index >= 15 is 0 Å². The number of hydrogen-bond donors (Lipinski definition) is 1. The van der Waals surface area contributed by atoms with Crippen LogP contribution in [-0.2, 0) is 21.2 Å². The average molecular weight is 281 g/mol. The van der Waals surface area contributed by atoms with E-state index in [1.165, 1.54) is 0 Å². The Morgan fingerprint density at radius 3 is 2.32 bits per heavy atom. The van der Waals surface area contributed by atoms with Gasteiger partial charge in [-0.1, -0.05) is 31.2 Å². The van der Waals surface area contributed by atoms with Crippen molar-refractivity contribution < 1.29 is 13.2 Å². The third kappa shape index (κ3) is 4.21. The molecule has 1 amide bonds. The molecule has 1 aromatic carbocycles. The molecule has 1 aromatic rings. The maximum atomic E-state index is 11.8. The quantitative estimate of drug-likeness (QED) is 0.860. The lowest BCUT2D eigenvalue weighted by atomic mass is 9.96. The summed E-state index contributed by atoms with van der Waals surface area (Å²) in [7, 11) is -3.53. The summed E-state index contributed by atoms with van der Waals surface area (Å²) in [5.41, 5.74) is 3.31. The van der Waals surface area contributed by atoms with Gasteiger partial charge in [-0.15, -0.1) is 0 Å². The molecule has 5 heteroatoms. The van der Waals surface area contributed by atoms with Gasteiger partial charge in [0.25, 0.3) is 5.91 Å². The molecule has 0 spiro atoms. The fraction of sp³-hybridized carbons (Fsp3) is 0.357. The van der Waals surface area contributed by atoms with Crippen molar-refractivity contribution in [3.05, 3.63) is 41.0 Å². The third-order valence-corrected chi connectivity index (χ3v) is 3.54. The monoisotopic (exact) mass is 281 g/mol. The Kier molecular flexibility index (Phi) is 4.89. The zero-order chi connectivity index (χ0) is 14.6. The molecule has 0 fully saturated rings. The molecule has 0 aliphatic carbocycles. The van der Waals surface area contributed by atoms with Gasteiger partial charge in [0.05, 0.1) is 6.26 Å². The van der Waals surface area contributed by atoms with Crippen LogP contribution >= 0.6 is 0 Å². The van der Waals surface area contributed by atoms with Crippen molar-refractivity contribution in [2.45, 2.75) is 27.2 Å². The van der Waals surface area contributed by atoms with Gasteiger partial charge in [0.1, 0.15) is 0 Å². The van der Waals surface area contributed by atoms with Crippen LogP contribution in [0.4, 0.5) is 0 Å². The van der Waals surface area contributed by atoms with Gasteiger partial charge in [-0.3, -0.25) is 4.79 Å². The van der Waals surface area contributed by atoms with E-state index in [0.29, 0.717) is 5.57 Å². The first kappa shape index (κ1) is 15.4. The van der Waals surface area contributed by atoms with Crippen molar-refractivity contribution in [3.8, 4) is 0 Å². The Balaban J connectivity index is 3.18. The van der Waals surface area contributed by atoms with Crippen molar-refractivity contribution in [2.24, 2.45) is 0 Å². The molecule has 0 atom stereocenters. The van der Waals surface area contributed by atoms with E-state index in [2.05, 4.69) is 0 Å². The van der Waals surface area contributed by atoms with Crippen molar-refractivity contribution in [2.75, 3.05) is 6.26 Å². The van der Waals surface area contributed by atoms with E-state index in [1.54, 1.807) is 6.92 Å². The lowest BCUT2D eigenvalue weighted by Gasteiger charge is -2.11. The third-order valence-electron chi connectivity index (χ3n) is 2.98. The van der Waals surface area contributed by atoms with Crippen LogP contribution in [0, 0.1) is 0 Å². The highest BCUT2D eigenvalue weighted by Crippen LogP contribution is 2.22. The van der Waals surface area contributed by atoms with Gasteiger partial charge in [-0.25, -0.2) is 13.1 Å². The Hall–Kier alpha value is -1.62. The van der Waals surface area contributed by atoms with Crippen molar-refractivity contribution in [3.63, 3.8) is 0 Å². The lowest BCUT2D eigenvalue weighted by Crippen LogP contribution is -2.30. The zero-order valence-electron chi connectivity index (χ0n) is 11.6. The molecule has 0 saturated carbocycles. The van der Waals surface area contributed by atoms with Crippen LogP contribution in [0.1, 0.15) is 31.9 Å². The van der Waals surface area contributed by atoms with Crippen LogP contribution in [0.5, 0.6) is 0 Å². The first-order chi connectivity index (χ1) is 8.76. The molecule has 1 rings (SSSR count). The number of rotatable bonds is 4. The largest absolute Gasteiger partial charge is 0.269 e. The molecule has 0 saturated heterocycles. The van der Waals surface area contributed by atoms with Gasteiger partial charge in [-0.2, -0.15) is 0 Å². The summed E-state index contributed by atoms with van der Waals surface area (Å²) in [6.07, 6.45) is 1.82. The van der Waals surface area contributed by atoms with E-state index in [9.17, 15) is 13.2 Å². The van der Waals surface area contributed by atoms with Crippen molar-refractivity contribution in [1.82, 2.24) is 4.72 Å². The first-order valence-corrected chi connectivity index (χ1v) is 7.93. The number of hydrogen-bond acceptors (Lipinski definition) is 3. The fourth-order valence-corrected chi connectivity index (χ4v) is 2.30. The van der Waals surface area contributed by atoms with Gasteiger partial charge in [-0.05, 0) is 37.0 Å². The van der Waals surface area contributed by atoms with Gasteiger partial charge in [0.2, 0.25) is 10.0 Å².